The van der Waals surface area contributed by atoms with Gasteiger partial charge in [0.15, 0.2) is 0 Å². The van der Waals surface area contributed by atoms with Crippen molar-refractivity contribution in [2.24, 2.45) is 0 Å². The topological polar surface area (TPSA) is 35.4 Å². The summed E-state index contributed by atoms with van der Waals surface area (Å²) in [5.41, 5.74) is 1.30. The first kappa shape index (κ1) is 15.2. The molecule has 1 rings (SSSR count). The molecule has 1 aromatic heterocycles. The van der Waals surface area contributed by atoms with Crippen molar-refractivity contribution in [2.75, 3.05) is 33.5 Å². The number of hydrogen-bond donors (Lipinski definition) is 1. The number of hydrogen-bond acceptors (Lipinski definition) is 3. The fraction of sp³-hybridized carbons (Fsp3) is 0.714. The molecule has 0 spiro atoms. The molecular weight excluding hydrogens is 228 g/mol. The van der Waals surface area contributed by atoms with Crippen LogP contribution in [0.5, 0.6) is 0 Å². The number of ether oxygens (including phenoxy) is 2. The molecule has 0 fully saturated rings. The quantitative estimate of drug-likeness (QED) is 0.614. The summed E-state index contributed by atoms with van der Waals surface area (Å²) in [4.78, 5) is 0. The minimum absolute atomic E-state index is 0.751. The Balaban J connectivity index is 2.18. The molecule has 0 amide bonds. The van der Waals surface area contributed by atoms with E-state index in [4.69, 9.17) is 9.47 Å². The molecule has 0 saturated heterocycles. The van der Waals surface area contributed by atoms with E-state index < -0.39 is 0 Å². The smallest absolute Gasteiger partial charge is 0.0645 e. The summed E-state index contributed by atoms with van der Waals surface area (Å²) in [5, 5.41) is 3.35. The van der Waals surface area contributed by atoms with Gasteiger partial charge < -0.3 is 19.4 Å². The Bertz CT molecular complexity index is 300. The Kier molecular flexibility index (Phi) is 8.55. The van der Waals surface area contributed by atoms with Gasteiger partial charge in [-0.2, -0.15) is 0 Å². The van der Waals surface area contributed by atoms with Gasteiger partial charge in [-0.3, -0.25) is 0 Å². The predicted octanol–water partition coefficient (Wildman–Crippen LogP) is 2.04. The molecule has 0 radical (unpaired) electrons. The van der Waals surface area contributed by atoms with Crippen molar-refractivity contribution in [1.29, 1.82) is 0 Å². The second-order valence-electron chi connectivity index (χ2n) is 4.33. The Morgan fingerprint density at radius 3 is 2.94 bits per heavy atom. The summed E-state index contributed by atoms with van der Waals surface area (Å²) in [6.45, 7) is 7.29. The van der Waals surface area contributed by atoms with Crippen LogP contribution in [-0.2, 0) is 22.6 Å². The minimum Gasteiger partial charge on any atom is -0.383 e. The summed E-state index contributed by atoms with van der Waals surface area (Å²) in [6, 6.07) is 4.23. The van der Waals surface area contributed by atoms with E-state index in [1.165, 1.54) is 12.1 Å². The Morgan fingerprint density at radius 2 is 2.17 bits per heavy atom. The average molecular weight is 254 g/mol. The van der Waals surface area contributed by atoms with E-state index in [2.05, 4.69) is 35.1 Å². The number of rotatable bonds is 11. The van der Waals surface area contributed by atoms with Crippen LogP contribution in [0.2, 0.25) is 0 Å². The molecule has 104 valence electrons. The van der Waals surface area contributed by atoms with Gasteiger partial charge in [-0.25, -0.2) is 0 Å². The van der Waals surface area contributed by atoms with Gasteiger partial charge in [0, 0.05) is 45.2 Å². The molecule has 0 saturated carbocycles. The summed E-state index contributed by atoms with van der Waals surface area (Å²) in [5.74, 6) is 0. The predicted molar refractivity (Wildman–Crippen MR) is 73.7 cm³/mol. The van der Waals surface area contributed by atoms with Gasteiger partial charge in [0.1, 0.15) is 0 Å². The van der Waals surface area contributed by atoms with Gasteiger partial charge in [-0.05, 0) is 18.6 Å². The molecule has 0 bridgehead atoms. The highest BCUT2D eigenvalue weighted by molar-refractivity contribution is 5.06. The third-order valence-corrected chi connectivity index (χ3v) is 2.83. The fourth-order valence-corrected chi connectivity index (χ4v) is 1.73. The normalized spacial score (nSPS) is 11.0. The van der Waals surface area contributed by atoms with Crippen molar-refractivity contribution in [3.05, 3.63) is 24.0 Å². The highest BCUT2D eigenvalue weighted by Crippen LogP contribution is 2.02. The highest BCUT2D eigenvalue weighted by Gasteiger charge is 2.00. The van der Waals surface area contributed by atoms with Crippen LogP contribution in [0.4, 0.5) is 0 Å². The first-order valence-electron chi connectivity index (χ1n) is 6.80. The van der Waals surface area contributed by atoms with Crippen LogP contribution >= 0.6 is 0 Å². The van der Waals surface area contributed by atoms with Crippen LogP contribution in [0.15, 0.2) is 18.3 Å². The van der Waals surface area contributed by atoms with Crippen molar-refractivity contribution in [1.82, 2.24) is 9.88 Å². The fourth-order valence-electron chi connectivity index (χ4n) is 1.73. The van der Waals surface area contributed by atoms with Gasteiger partial charge in [0.25, 0.3) is 0 Å². The van der Waals surface area contributed by atoms with Crippen LogP contribution in [0.25, 0.3) is 0 Å². The van der Waals surface area contributed by atoms with Crippen LogP contribution in [0.1, 0.15) is 25.5 Å². The Hall–Kier alpha value is -0.840. The van der Waals surface area contributed by atoms with Gasteiger partial charge in [-0.1, -0.05) is 13.3 Å². The summed E-state index contributed by atoms with van der Waals surface area (Å²) in [7, 11) is 1.72. The zero-order valence-corrected chi connectivity index (χ0v) is 11.7. The highest BCUT2D eigenvalue weighted by atomic mass is 16.5. The molecule has 4 nitrogen and oxygen atoms in total. The number of aromatic nitrogens is 1. The van der Waals surface area contributed by atoms with E-state index in [0.29, 0.717) is 0 Å². The van der Waals surface area contributed by atoms with E-state index in [-0.39, 0.29) is 0 Å². The van der Waals surface area contributed by atoms with Gasteiger partial charge >= 0.3 is 0 Å². The van der Waals surface area contributed by atoms with E-state index >= 15 is 0 Å². The second kappa shape index (κ2) is 10.1. The SMILES string of the molecule is CCCCOCCn1cccc1CNCCOC. The van der Waals surface area contributed by atoms with E-state index in [1.807, 2.05) is 0 Å². The molecule has 1 heterocycles. The zero-order valence-electron chi connectivity index (χ0n) is 11.7. The molecule has 0 aromatic carbocycles. The lowest BCUT2D eigenvalue weighted by atomic mass is 10.4. The molecule has 1 N–H and O–H groups in total. The largest absolute Gasteiger partial charge is 0.383 e. The van der Waals surface area contributed by atoms with E-state index in [0.717, 1.165) is 45.9 Å². The van der Waals surface area contributed by atoms with Gasteiger partial charge in [0.2, 0.25) is 0 Å². The molecule has 0 aliphatic carbocycles. The molecule has 1 aromatic rings. The Labute approximate surface area is 110 Å². The maximum absolute atomic E-state index is 5.58. The van der Waals surface area contributed by atoms with Crippen molar-refractivity contribution in [2.45, 2.75) is 32.9 Å². The van der Waals surface area contributed by atoms with Crippen LogP contribution < -0.4 is 5.32 Å². The summed E-state index contributed by atoms with van der Waals surface area (Å²) >= 11 is 0. The van der Waals surface area contributed by atoms with Crippen molar-refractivity contribution < 1.29 is 9.47 Å². The van der Waals surface area contributed by atoms with Crippen LogP contribution in [0.3, 0.4) is 0 Å². The molecule has 18 heavy (non-hydrogen) atoms. The number of unbranched alkanes of at least 4 members (excludes halogenated alkanes) is 1. The zero-order chi connectivity index (χ0) is 13.1. The van der Waals surface area contributed by atoms with Gasteiger partial charge in [0.05, 0.1) is 13.2 Å². The first-order valence-corrected chi connectivity index (χ1v) is 6.80. The molecule has 0 aliphatic rings. The third-order valence-electron chi connectivity index (χ3n) is 2.83. The van der Waals surface area contributed by atoms with Crippen LogP contribution in [-0.4, -0.2) is 38.0 Å². The molecule has 0 aliphatic heterocycles. The first-order chi connectivity index (χ1) is 8.88. The minimum atomic E-state index is 0.751. The number of nitrogens with zero attached hydrogens (tertiary/aromatic N) is 1. The van der Waals surface area contributed by atoms with E-state index in [1.54, 1.807) is 7.11 Å². The monoisotopic (exact) mass is 254 g/mol. The second-order valence-corrected chi connectivity index (χ2v) is 4.33. The lowest BCUT2D eigenvalue weighted by Crippen LogP contribution is -2.21. The standard InChI is InChI=1S/C14H26N2O2/c1-3-4-10-18-12-9-16-8-5-6-14(16)13-15-7-11-17-2/h5-6,8,15H,3-4,7,9-13H2,1-2H3. The van der Waals surface area contributed by atoms with Crippen molar-refractivity contribution in [3.8, 4) is 0 Å². The lowest BCUT2D eigenvalue weighted by molar-refractivity contribution is 0.123. The van der Waals surface area contributed by atoms with Crippen molar-refractivity contribution >= 4 is 0 Å². The maximum Gasteiger partial charge on any atom is 0.0645 e. The Morgan fingerprint density at radius 1 is 1.28 bits per heavy atom. The summed E-state index contributed by atoms with van der Waals surface area (Å²) in [6.07, 6.45) is 4.45. The lowest BCUT2D eigenvalue weighted by Gasteiger charge is -2.10. The molecular formula is C14H26N2O2. The van der Waals surface area contributed by atoms with E-state index in [9.17, 15) is 0 Å². The molecule has 0 atom stereocenters. The number of methoxy groups -OCH3 is 1. The molecule has 4 heteroatoms. The molecule has 0 unspecified atom stereocenters. The maximum atomic E-state index is 5.58. The van der Waals surface area contributed by atoms with Crippen LogP contribution in [0, 0.1) is 0 Å². The third kappa shape index (κ3) is 6.19. The average Bonchev–Trinajstić information content (AvgIpc) is 2.82. The van der Waals surface area contributed by atoms with Crippen molar-refractivity contribution in [3.63, 3.8) is 0 Å². The summed E-state index contributed by atoms with van der Waals surface area (Å²) < 4.78 is 12.8. The van der Waals surface area contributed by atoms with Gasteiger partial charge in [-0.15, -0.1) is 0 Å². The number of nitrogens with one attached hydrogen (secondary N) is 1.